The highest BCUT2D eigenvalue weighted by molar-refractivity contribution is 14.1. The van der Waals surface area contributed by atoms with Crippen molar-refractivity contribution in [3.8, 4) is 0 Å². The van der Waals surface area contributed by atoms with Gasteiger partial charge in [-0.25, -0.2) is 4.79 Å². The number of esters is 1. The highest BCUT2D eigenvalue weighted by Crippen LogP contribution is 2.29. The normalized spacial score (nSPS) is 22.6. The molecule has 1 N–H and O–H groups in total. The van der Waals surface area contributed by atoms with E-state index in [0.29, 0.717) is 5.56 Å². The second kappa shape index (κ2) is 7.40. The first-order valence-electron chi connectivity index (χ1n) is 6.56. The van der Waals surface area contributed by atoms with Gasteiger partial charge in [0.25, 0.3) is 0 Å². The zero-order chi connectivity index (χ0) is 14.8. The Morgan fingerprint density at radius 3 is 2.75 bits per heavy atom. The van der Waals surface area contributed by atoms with Gasteiger partial charge in [0.05, 0.1) is 5.56 Å². The molecule has 1 saturated heterocycles. The van der Waals surface area contributed by atoms with E-state index in [-0.39, 0.29) is 11.6 Å². The molecule has 1 fully saturated rings. The van der Waals surface area contributed by atoms with Gasteiger partial charge >= 0.3 is 5.97 Å². The molecule has 0 aliphatic carbocycles. The molecule has 1 aromatic rings. The summed E-state index contributed by atoms with van der Waals surface area (Å²) in [5.74, 6) is -0.198. The molecule has 1 aromatic carbocycles. The van der Waals surface area contributed by atoms with Crippen LogP contribution in [-0.4, -0.2) is 24.7 Å². The lowest BCUT2D eigenvalue weighted by Crippen LogP contribution is -2.48. The van der Waals surface area contributed by atoms with Gasteiger partial charge in [-0.05, 0) is 106 Å². The summed E-state index contributed by atoms with van der Waals surface area (Å²) in [5.41, 5.74) is 0.339. The first kappa shape index (κ1) is 17.2. The third-order valence-corrected chi connectivity index (χ3v) is 7.27. The molecule has 3 nitrogen and oxygen atoms in total. The van der Waals surface area contributed by atoms with Crippen LogP contribution in [0.1, 0.15) is 36.5 Å². The number of carbonyl (C=O) groups excluding carboxylic acids is 1. The molecule has 110 valence electrons. The van der Waals surface area contributed by atoms with Crippen molar-refractivity contribution in [2.75, 3.05) is 13.1 Å². The van der Waals surface area contributed by atoms with Crippen molar-refractivity contribution < 1.29 is 9.53 Å². The average Bonchev–Trinajstić information content (AvgIpc) is 2.43. The van der Waals surface area contributed by atoms with Gasteiger partial charge < -0.3 is 10.1 Å². The van der Waals surface area contributed by atoms with Crippen LogP contribution in [0.5, 0.6) is 0 Å². The van der Waals surface area contributed by atoms with Crippen molar-refractivity contribution in [1.29, 1.82) is 0 Å². The summed E-state index contributed by atoms with van der Waals surface area (Å²) >= 11 is 6.72. The molecule has 1 aliphatic heterocycles. The Labute approximate surface area is 160 Å². The minimum Gasteiger partial charge on any atom is -0.454 e. The largest absolute Gasteiger partial charge is 0.454 e. The van der Waals surface area contributed by atoms with Crippen LogP contribution in [0.2, 0.25) is 0 Å². The molecular formula is C14H16I3NO2. The number of ether oxygens (including phenoxy) is 1. The van der Waals surface area contributed by atoms with Crippen LogP contribution in [0.3, 0.4) is 0 Å². The van der Waals surface area contributed by atoms with E-state index in [2.05, 4.69) is 86.1 Å². The summed E-state index contributed by atoms with van der Waals surface area (Å²) in [5, 5.41) is 3.34. The summed E-state index contributed by atoms with van der Waals surface area (Å²) in [6, 6.07) is 3.98. The lowest BCUT2D eigenvalue weighted by atomic mass is 9.91. The quantitative estimate of drug-likeness (QED) is 0.317. The van der Waals surface area contributed by atoms with Gasteiger partial charge in [-0.2, -0.15) is 0 Å². The van der Waals surface area contributed by atoms with Crippen molar-refractivity contribution in [2.45, 2.75) is 31.8 Å². The van der Waals surface area contributed by atoms with Crippen LogP contribution in [-0.2, 0) is 4.74 Å². The number of hydrogen-bond acceptors (Lipinski definition) is 3. The van der Waals surface area contributed by atoms with E-state index in [1.165, 1.54) is 0 Å². The second-order valence-corrected chi connectivity index (χ2v) is 8.44. The van der Waals surface area contributed by atoms with Crippen molar-refractivity contribution in [1.82, 2.24) is 5.32 Å². The molecule has 0 amide bonds. The molecule has 2 rings (SSSR count). The van der Waals surface area contributed by atoms with E-state index >= 15 is 0 Å². The predicted molar refractivity (Wildman–Crippen MR) is 105 cm³/mol. The summed E-state index contributed by atoms with van der Waals surface area (Å²) in [6.07, 6.45) is 2.85. The van der Waals surface area contributed by atoms with Crippen LogP contribution in [0.25, 0.3) is 0 Å². The molecule has 0 radical (unpaired) electrons. The average molecular weight is 611 g/mol. The van der Waals surface area contributed by atoms with E-state index in [9.17, 15) is 4.79 Å². The van der Waals surface area contributed by atoms with Crippen LogP contribution >= 0.6 is 67.8 Å². The van der Waals surface area contributed by atoms with Gasteiger partial charge in [0.1, 0.15) is 5.60 Å². The molecule has 6 heteroatoms. The Balaban J connectivity index is 2.23. The number of halogens is 3. The number of piperidine rings is 1. The maximum absolute atomic E-state index is 12.5. The molecule has 0 saturated carbocycles. The van der Waals surface area contributed by atoms with Crippen molar-refractivity contribution in [3.05, 3.63) is 28.4 Å². The molecule has 1 unspecified atom stereocenters. The van der Waals surface area contributed by atoms with Gasteiger partial charge in [-0.1, -0.05) is 6.92 Å². The van der Waals surface area contributed by atoms with Crippen LogP contribution in [0, 0.1) is 10.7 Å². The fourth-order valence-corrected chi connectivity index (χ4v) is 4.73. The van der Waals surface area contributed by atoms with Crippen molar-refractivity contribution >= 4 is 73.7 Å². The summed E-state index contributed by atoms with van der Waals surface area (Å²) in [4.78, 5) is 12.5. The highest BCUT2D eigenvalue weighted by Gasteiger charge is 2.35. The highest BCUT2D eigenvalue weighted by atomic mass is 127. The number of hydrogen-bond donors (Lipinski definition) is 1. The Kier molecular flexibility index (Phi) is 6.37. The molecule has 20 heavy (non-hydrogen) atoms. The van der Waals surface area contributed by atoms with E-state index in [4.69, 9.17) is 4.74 Å². The lowest BCUT2D eigenvalue weighted by Gasteiger charge is -2.36. The summed E-state index contributed by atoms with van der Waals surface area (Å²) < 4.78 is 9.02. The molecule has 1 heterocycles. The van der Waals surface area contributed by atoms with Gasteiger partial charge in [0.2, 0.25) is 0 Å². The fourth-order valence-electron chi connectivity index (χ4n) is 2.36. The van der Waals surface area contributed by atoms with Crippen molar-refractivity contribution in [3.63, 3.8) is 0 Å². The van der Waals surface area contributed by atoms with Gasteiger partial charge in [0, 0.05) is 17.3 Å². The standard InChI is InChI=1S/C14H16I3NO2/c1-2-14(4-3-5-18-8-14)20-13(19)10-6-9(15)7-11(16)12(10)17/h6-7,18H,2-5,8H2,1H3. The van der Waals surface area contributed by atoms with Gasteiger partial charge in [0.15, 0.2) is 0 Å². The molecule has 0 spiro atoms. The number of rotatable bonds is 3. The maximum atomic E-state index is 12.5. The Hall–Kier alpha value is 0.840. The number of carbonyl (C=O) groups is 1. The SMILES string of the molecule is CCC1(OC(=O)c2cc(I)cc(I)c2I)CCCNC1. The zero-order valence-corrected chi connectivity index (χ0v) is 17.6. The van der Waals surface area contributed by atoms with Crippen LogP contribution in [0.15, 0.2) is 12.1 Å². The Morgan fingerprint density at radius 2 is 2.15 bits per heavy atom. The molecule has 1 aliphatic rings. The smallest absolute Gasteiger partial charge is 0.339 e. The second-order valence-electron chi connectivity index (χ2n) is 4.96. The predicted octanol–water partition coefficient (Wildman–Crippen LogP) is 4.19. The minimum absolute atomic E-state index is 0.198. The van der Waals surface area contributed by atoms with E-state index in [1.807, 2.05) is 6.07 Å². The fraction of sp³-hybridized carbons (Fsp3) is 0.500. The van der Waals surface area contributed by atoms with Crippen molar-refractivity contribution in [2.24, 2.45) is 0 Å². The van der Waals surface area contributed by atoms with E-state index in [0.717, 1.165) is 43.1 Å². The minimum atomic E-state index is -0.342. The summed E-state index contributed by atoms with van der Waals surface area (Å²) in [6.45, 7) is 3.86. The number of nitrogens with one attached hydrogen (secondary N) is 1. The van der Waals surface area contributed by atoms with Gasteiger partial charge in [-0.3, -0.25) is 0 Å². The van der Waals surface area contributed by atoms with E-state index in [1.54, 1.807) is 0 Å². The Morgan fingerprint density at radius 1 is 1.40 bits per heavy atom. The Bertz CT molecular complexity index is 513. The third-order valence-electron chi connectivity index (χ3n) is 3.60. The third kappa shape index (κ3) is 3.97. The maximum Gasteiger partial charge on any atom is 0.339 e. The first-order chi connectivity index (χ1) is 9.47. The molecule has 0 aromatic heterocycles. The first-order valence-corrected chi connectivity index (χ1v) is 9.80. The zero-order valence-electron chi connectivity index (χ0n) is 11.1. The molecular weight excluding hydrogens is 595 g/mol. The summed E-state index contributed by atoms with van der Waals surface area (Å²) in [7, 11) is 0. The molecule has 0 bridgehead atoms. The number of benzene rings is 1. The lowest BCUT2D eigenvalue weighted by molar-refractivity contribution is -0.0323. The van der Waals surface area contributed by atoms with Crippen LogP contribution < -0.4 is 5.32 Å². The molecule has 1 atom stereocenters. The van der Waals surface area contributed by atoms with E-state index < -0.39 is 0 Å². The monoisotopic (exact) mass is 611 g/mol. The van der Waals surface area contributed by atoms with Crippen LogP contribution in [0.4, 0.5) is 0 Å². The van der Waals surface area contributed by atoms with Gasteiger partial charge in [-0.15, -0.1) is 0 Å². The topological polar surface area (TPSA) is 38.3 Å².